The number of halogens is 4. The maximum absolute atomic E-state index is 14.3. The third-order valence-corrected chi connectivity index (χ3v) is 5.33. The SMILES string of the molecule is CNCCN=C1C(=C(O)Cc2ccc(C(=O)O)cc2)C(=O)Cc2c(NC)cc(F)cc21.O=C(O)C(F)(F)F. The summed E-state index contributed by atoms with van der Waals surface area (Å²) in [5, 5.41) is 32.9. The summed E-state index contributed by atoms with van der Waals surface area (Å²) in [6.45, 7) is 0.889. The first-order valence-electron chi connectivity index (χ1n) is 11.1. The first kappa shape index (κ1) is 30.0. The van der Waals surface area contributed by atoms with Crippen molar-refractivity contribution in [2.24, 2.45) is 4.99 Å². The molecule has 0 aliphatic heterocycles. The lowest BCUT2D eigenvalue weighted by atomic mass is 9.82. The highest BCUT2D eigenvalue weighted by Gasteiger charge is 2.38. The van der Waals surface area contributed by atoms with Gasteiger partial charge >= 0.3 is 18.1 Å². The van der Waals surface area contributed by atoms with E-state index in [1.54, 1.807) is 26.2 Å². The first-order chi connectivity index (χ1) is 17.8. The van der Waals surface area contributed by atoms with Gasteiger partial charge in [0.2, 0.25) is 0 Å². The zero-order valence-corrected chi connectivity index (χ0v) is 20.3. The molecule has 5 N–H and O–H groups in total. The molecular weight excluding hydrogens is 514 g/mol. The highest BCUT2D eigenvalue weighted by Crippen LogP contribution is 2.32. The summed E-state index contributed by atoms with van der Waals surface area (Å²) in [5.41, 5.74) is 2.71. The molecule has 204 valence electrons. The number of ketones is 1. The van der Waals surface area contributed by atoms with Crippen molar-refractivity contribution in [1.29, 1.82) is 0 Å². The topological polar surface area (TPSA) is 148 Å². The lowest BCUT2D eigenvalue weighted by molar-refractivity contribution is -0.192. The van der Waals surface area contributed by atoms with Gasteiger partial charge in [0.25, 0.3) is 0 Å². The predicted molar refractivity (Wildman–Crippen MR) is 130 cm³/mol. The molecule has 3 rings (SSSR count). The van der Waals surface area contributed by atoms with Gasteiger partial charge in [0.05, 0.1) is 23.4 Å². The molecule has 0 amide bonds. The number of fused-ring (bicyclic) bond motifs is 1. The van der Waals surface area contributed by atoms with Crippen molar-refractivity contribution in [3.63, 3.8) is 0 Å². The minimum absolute atomic E-state index is 0.00811. The molecule has 13 heteroatoms. The number of aliphatic carboxylic acids is 1. The van der Waals surface area contributed by atoms with Crippen molar-refractivity contribution >= 4 is 29.1 Å². The fraction of sp³-hybridized carbons (Fsp3) is 0.280. The Morgan fingerprint density at radius 1 is 1.05 bits per heavy atom. The Labute approximate surface area is 214 Å². The predicted octanol–water partition coefficient (Wildman–Crippen LogP) is 3.39. The number of aliphatic hydroxyl groups is 1. The van der Waals surface area contributed by atoms with Crippen molar-refractivity contribution in [3.8, 4) is 0 Å². The average molecular weight is 539 g/mol. The van der Waals surface area contributed by atoms with E-state index in [2.05, 4.69) is 15.6 Å². The number of aliphatic hydroxyl groups excluding tert-OH is 1. The van der Waals surface area contributed by atoms with Crippen molar-refractivity contribution in [3.05, 3.63) is 75.8 Å². The van der Waals surface area contributed by atoms with Gasteiger partial charge in [0, 0.05) is 37.7 Å². The molecule has 1 aliphatic rings. The Morgan fingerprint density at radius 3 is 2.16 bits per heavy atom. The van der Waals surface area contributed by atoms with Crippen LogP contribution in [0.1, 0.15) is 27.0 Å². The number of anilines is 1. The molecule has 2 aromatic carbocycles. The molecular formula is C25H25F4N3O6. The Kier molecular flexibility index (Phi) is 10.1. The fourth-order valence-electron chi connectivity index (χ4n) is 3.57. The van der Waals surface area contributed by atoms with E-state index >= 15 is 0 Å². The Hall–Kier alpha value is -4.26. The minimum Gasteiger partial charge on any atom is -0.511 e. The number of likely N-dealkylation sites (N-methyl/N-ethyl adjacent to an activating group) is 1. The second-order valence-electron chi connectivity index (χ2n) is 7.97. The van der Waals surface area contributed by atoms with Crippen LogP contribution in [0.2, 0.25) is 0 Å². The normalized spacial score (nSPS) is 15.3. The van der Waals surface area contributed by atoms with E-state index in [-0.39, 0.29) is 41.2 Å². The molecule has 0 heterocycles. The Bertz CT molecular complexity index is 1270. The summed E-state index contributed by atoms with van der Waals surface area (Å²) in [6.07, 6.45) is -5.05. The number of benzene rings is 2. The van der Waals surface area contributed by atoms with Crippen LogP contribution in [0.3, 0.4) is 0 Å². The number of nitrogens with one attached hydrogen (secondary N) is 2. The van der Waals surface area contributed by atoms with Crippen molar-refractivity contribution in [1.82, 2.24) is 5.32 Å². The summed E-state index contributed by atoms with van der Waals surface area (Å²) >= 11 is 0. The smallest absolute Gasteiger partial charge is 0.490 e. The number of allylic oxidation sites excluding steroid dienone is 2. The van der Waals surface area contributed by atoms with Gasteiger partial charge in [0.15, 0.2) is 5.78 Å². The second kappa shape index (κ2) is 12.8. The minimum atomic E-state index is -5.08. The molecule has 0 bridgehead atoms. The van der Waals surface area contributed by atoms with Gasteiger partial charge in [-0.15, -0.1) is 0 Å². The zero-order chi connectivity index (χ0) is 28.6. The van der Waals surface area contributed by atoms with Crippen molar-refractivity contribution in [2.45, 2.75) is 19.0 Å². The molecule has 2 aromatic rings. The molecule has 0 atom stereocenters. The van der Waals surface area contributed by atoms with Gasteiger partial charge in [-0.25, -0.2) is 14.0 Å². The van der Waals surface area contributed by atoms with Gasteiger partial charge in [-0.05, 0) is 42.4 Å². The van der Waals surface area contributed by atoms with Gasteiger partial charge in [0.1, 0.15) is 11.6 Å². The first-order valence-corrected chi connectivity index (χ1v) is 11.1. The standard InChI is InChI=1S/C23H24FN3O4.C2HF3O2/c1-25-7-8-27-22-17-10-15(24)11-18(26-2)16(17)12-20(29)21(22)19(28)9-13-3-5-14(6-4-13)23(30)31;3-2(4,5)1(6)7/h3-6,10-11,25-26,28H,7-9,12H2,1-2H3,(H,30,31);(H,6,7). The van der Waals surface area contributed by atoms with E-state index in [1.165, 1.54) is 24.3 Å². The third kappa shape index (κ3) is 7.62. The van der Waals surface area contributed by atoms with Gasteiger partial charge in [-0.2, -0.15) is 13.2 Å². The summed E-state index contributed by atoms with van der Waals surface area (Å²) in [5.74, 6) is -4.76. The van der Waals surface area contributed by atoms with Gasteiger partial charge in [-0.1, -0.05) is 12.1 Å². The Balaban J connectivity index is 0.000000638. The van der Waals surface area contributed by atoms with Crippen LogP contribution in [0.25, 0.3) is 0 Å². The van der Waals surface area contributed by atoms with Crippen LogP contribution < -0.4 is 10.6 Å². The molecule has 9 nitrogen and oxygen atoms in total. The van der Waals surface area contributed by atoms with Crippen LogP contribution in [0.4, 0.5) is 23.2 Å². The zero-order valence-electron chi connectivity index (χ0n) is 20.3. The van der Waals surface area contributed by atoms with Crippen LogP contribution in [-0.4, -0.2) is 72.1 Å². The second-order valence-corrected chi connectivity index (χ2v) is 7.97. The number of Topliss-reactive ketones (excluding diaryl/α,β-unsaturated/α-hetero) is 1. The molecule has 1 aliphatic carbocycles. The quantitative estimate of drug-likeness (QED) is 0.156. The maximum Gasteiger partial charge on any atom is 0.490 e. The molecule has 0 saturated carbocycles. The molecule has 38 heavy (non-hydrogen) atoms. The summed E-state index contributed by atoms with van der Waals surface area (Å²) in [6, 6.07) is 8.69. The summed E-state index contributed by atoms with van der Waals surface area (Å²) < 4.78 is 46.0. The van der Waals surface area contributed by atoms with Crippen LogP contribution in [0, 0.1) is 5.82 Å². The number of carbonyl (C=O) groups excluding carboxylic acids is 1. The molecule has 0 spiro atoms. The number of carbonyl (C=O) groups is 3. The van der Waals surface area contributed by atoms with Crippen LogP contribution in [0.5, 0.6) is 0 Å². The maximum atomic E-state index is 14.3. The van der Waals surface area contributed by atoms with Gasteiger partial charge in [-0.3, -0.25) is 9.79 Å². The number of hydrogen-bond donors (Lipinski definition) is 5. The number of aliphatic imine (C=N–C) groups is 1. The highest BCUT2D eigenvalue weighted by atomic mass is 19.4. The van der Waals surface area contributed by atoms with Crippen LogP contribution in [0.15, 0.2) is 52.7 Å². The Morgan fingerprint density at radius 2 is 1.66 bits per heavy atom. The van der Waals surface area contributed by atoms with Gasteiger partial charge < -0.3 is 26.0 Å². The fourth-order valence-corrected chi connectivity index (χ4v) is 3.57. The lowest BCUT2D eigenvalue weighted by Gasteiger charge is -2.24. The van der Waals surface area contributed by atoms with Crippen LogP contribution >= 0.6 is 0 Å². The number of hydrogen-bond acceptors (Lipinski definition) is 7. The summed E-state index contributed by atoms with van der Waals surface area (Å²) in [4.78, 5) is 37.4. The molecule has 0 aromatic heterocycles. The average Bonchev–Trinajstić information content (AvgIpc) is 2.84. The number of rotatable bonds is 7. The molecule has 0 fully saturated rings. The molecule has 0 radical (unpaired) electrons. The monoisotopic (exact) mass is 539 g/mol. The highest BCUT2D eigenvalue weighted by molar-refractivity contribution is 6.32. The van der Waals surface area contributed by atoms with E-state index in [9.17, 15) is 32.3 Å². The van der Waals surface area contributed by atoms with E-state index in [4.69, 9.17) is 15.0 Å². The largest absolute Gasteiger partial charge is 0.511 e. The number of alkyl halides is 3. The lowest BCUT2D eigenvalue weighted by Crippen LogP contribution is -2.28. The van der Waals surface area contributed by atoms with E-state index in [1.807, 2.05) is 0 Å². The third-order valence-electron chi connectivity index (χ3n) is 5.33. The summed E-state index contributed by atoms with van der Waals surface area (Å²) in [7, 11) is 3.43. The molecule has 0 saturated heterocycles. The van der Waals surface area contributed by atoms with E-state index in [0.717, 1.165) is 0 Å². The number of aromatic carboxylic acids is 1. The van der Waals surface area contributed by atoms with Crippen LogP contribution in [-0.2, 0) is 22.4 Å². The number of nitrogens with zero attached hydrogens (tertiary/aromatic N) is 1. The van der Waals surface area contributed by atoms with Crippen molar-refractivity contribution in [2.75, 3.05) is 32.5 Å². The van der Waals surface area contributed by atoms with E-state index in [0.29, 0.717) is 35.5 Å². The van der Waals surface area contributed by atoms with Crippen molar-refractivity contribution < 1.29 is 47.3 Å². The molecule has 0 unspecified atom stereocenters. The number of carboxylic acid groups (broad SMARTS) is 2. The van der Waals surface area contributed by atoms with E-state index < -0.39 is 23.9 Å². The number of carboxylic acids is 2.